The molecule has 2 aliphatic heterocycles. The second-order valence-corrected chi connectivity index (χ2v) is 7.34. The van der Waals surface area contributed by atoms with Crippen LogP contribution in [0.3, 0.4) is 0 Å². The Morgan fingerprint density at radius 1 is 1.24 bits per heavy atom. The molecule has 6 N–H and O–H groups in total. The molecule has 0 saturated carbocycles. The van der Waals surface area contributed by atoms with Gasteiger partial charge in [-0.05, 0) is 37.0 Å². The number of phenols is 2. The summed E-state index contributed by atoms with van der Waals surface area (Å²) in [5.74, 6) is -2.44. The number of rotatable bonds is 6. The third-order valence-electron chi connectivity index (χ3n) is 5.27. The fourth-order valence-corrected chi connectivity index (χ4v) is 3.74. The number of carbonyl (C=O) groups is 4. The highest BCUT2D eigenvalue weighted by atomic mass is 16.3. The zero-order valence-corrected chi connectivity index (χ0v) is 15.8. The largest absolute Gasteiger partial charge is 0.504 e. The standard InChI is InChI=1S/C19H24N4O6/c20-17(27)13-2-1-7-23(13)19(29)12(8-10-3-5-14(24)15(25)9-10)22-18(28)11-4-6-16(26)21-11/h3,5,9,11-13,24-25H,1-2,4,6-8H2,(H2,20,27)(H,21,26)(H,22,28)/t11-,12-,13-/m0/s1. The van der Waals surface area contributed by atoms with Crippen molar-refractivity contribution in [2.24, 2.45) is 5.73 Å². The lowest BCUT2D eigenvalue weighted by Gasteiger charge is -2.28. The molecule has 156 valence electrons. The number of carbonyl (C=O) groups excluding carboxylic acids is 4. The second-order valence-electron chi connectivity index (χ2n) is 7.34. The van der Waals surface area contributed by atoms with Crippen molar-refractivity contribution in [1.29, 1.82) is 0 Å². The van der Waals surface area contributed by atoms with Crippen molar-refractivity contribution >= 4 is 23.6 Å². The Kier molecular flexibility index (Phi) is 5.90. The fraction of sp³-hybridized carbons (Fsp3) is 0.474. The van der Waals surface area contributed by atoms with E-state index in [1.807, 2.05) is 0 Å². The monoisotopic (exact) mass is 404 g/mol. The van der Waals surface area contributed by atoms with Gasteiger partial charge in [0.2, 0.25) is 23.6 Å². The molecule has 1 aromatic carbocycles. The molecule has 0 spiro atoms. The third-order valence-corrected chi connectivity index (χ3v) is 5.27. The van der Waals surface area contributed by atoms with Gasteiger partial charge in [0.1, 0.15) is 18.1 Å². The van der Waals surface area contributed by atoms with E-state index in [4.69, 9.17) is 5.73 Å². The number of hydrogen-bond donors (Lipinski definition) is 5. The van der Waals surface area contributed by atoms with Crippen molar-refractivity contribution in [2.45, 2.75) is 50.2 Å². The SMILES string of the molecule is NC(=O)[C@@H]1CCCN1C(=O)[C@H](Cc1ccc(O)c(O)c1)NC(=O)[C@@H]1CCC(=O)N1. The molecule has 29 heavy (non-hydrogen) atoms. The normalized spacial score (nSPS) is 22.2. The van der Waals surface area contributed by atoms with Crippen molar-refractivity contribution in [1.82, 2.24) is 15.5 Å². The van der Waals surface area contributed by atoms with Crippen LogP contribution in [0.15, 0.2) is 18.2 Å². The molecule has 0 aliphatic carbocycles. The zero-order valence-electron chi connectivity index (χ0n) is 15.8. The predicted molar refractivity (Wildman–Crippen MR) is 101 cm³/mol. The fourth-order valence-electron chi connectivity index (χ4n) is 3.74. The topological polar surface area (TPSA) is 162 Å². The Morgan fingerprint density at radius 3 is 2.62 bits per heavy atom. The highest BCUT2D eigenvalue weighted by molar-refractivity contribution is 5.95. The van der Waals surface area contributed by atoms with Crippen molar-refractivity contribution < 1.29 is 29.4 Å². The average molecular weight is 404 g/mol. The van der Waals surface area contributed by atoms with Gasteiger partial charge in [0, 0.05) is 19.4 Å². The van der Waals surface area contributed by atoms with E-state index in [1.165, 1.54) is 23.1 Å². The van der Waals surface area contributed by atoms with E-state index in [-0.39, 0.29) is 30.2 Å². The molecule has 10 nitrogen and oxygen atoms in total. The lowest BCUT2D eigenvalue weighted by atomic mass is 10.0. The highest BCUT2D eigenvalue weighted by Gasteiger charge is 2.38. The van der Waals surface area contributed by atoms with Crippen LogP contribution in [0.25, 0.3) is 0 Å². The van der Waals surface area contributed by atoms with Crippen LogP contribution in [-0.4, -0.2) is 63.4 Å². The molecule has 2 saturated heterocycles. The molecule has 0 unspecified atom stereocenters. The molecule has 2 fully saturated rings. The maximum atomic E-state index is 13.1. The molecule has 2 aliphatic rings. The van der Waals surface area contributed by atoms with E-state index in [0.717, 1.165) is 0 Å². The van der Waals surface area contributed by atoms with E-state index in [2.05, 4.69) is 10.6 Å². The van der Waals surface area contributed by atoms with Crippen LogP contribution < -0.4 is 16.4 Å². The van der Waals surface area contributed by atoms with Gasteiger partial charge in [-0.25, -0.2) is 0 Å². The molecule has 0 radical (unpaired) electrons. The molecule has 4 amide bonds. The number of likely N-dealkylation sites (tertiary alicyclic amines) is 1. The Bertz CT molecular complexity index is 842. The van der Waals surface area contributed by atoms with Crippen LogP contribution in [-0.2, 0) is 25.6 Å². The molecular weight excluding hydrogens is 380 g/mol. The summed E-state index contributed by atoms with van der Waals surface area (Å²) in [5, 5.41) is 24.4. The molecule has 2 heterocycles. The summed E-state index contributed by atoms with van der Waals surface area (Å²) in [5.41, 5.74) is 5.91. The zero-order chi connectivity index (χ0) is 21.1. The smallest absolute Gasteiger partial charge is 0.246 e. The first kappa shape index (κ1) is 20.4. The minimum atomic E-state index is -1.02. The molecule has 0 bridgehead atoms. The quantitative estimate of drug-likeness (QED) is 0.377. The van der Waals surface area contributed by atoms with Crippen LogP contribution in [0.2, 0.25) is 0 Å². The van der Waals surface area contributed by atoms with Gasteiger partial charge in [0.05, 0.1) is 0 Å². The average Bonchev–Trinajstić information content (AvgIpc) is 3.32. The molecule has 3 atom stereocenters. The van der Waals surface area contributed by atoms with E-state index in [9.17, 15) is 29.4 Å². The van der Waals surface area contributed by atoms with E-state index >= 15 is 0 Å². The van der Waals surface area contributed by atoms with E-state index < -0.39 is 35.8 Å². The van der Waals surface area contributed by atoms with Gasteiger partial charge in [-0.2, -0.15) is 0 Å². The van der Waals surface area contributed by atoms with E-state index in [0.29, 0.717) is 31.4 Å². The highest BCUT2D eigenvalue weighted by Crippen LogP contribution is 2.26. The van der Waals surface area contributed by atoms with Crippen LogP contribution in [0.4, 0.5) is 0 Å². The lowest BCUT2D eigenvalue weighted by Crippen LogP contribution is -2.56. The Balaban J connectivity index is 1.80. The second kappa shape index (κ2) is 8.38. The maximum absolute atomic E-state index is 13.1. The van der Waals surface area contributed by atoms with Gasteiger partial charge >= 0.3 is 0 Å². The Morgan fingerprint density at radius 2 is 2.00 bits per heavy atom. The van der Waals surface area contributed by atoms with Crippen LogP contribution in [0, 0.1) is 0 Å². The van der Waals surface area contributed by atoms with Gasteiger partial charge in [0.25, 0.3) is 0 Å². The molecule has 1 aromatic rings. The minimum absolute atomic E-state index is 0.0288. The van der Waals surface area contributed by atoms with E-state index in [1.54, 1.807) is 0 Å². The Labute approximate surface area is 167 Å². The van der Waals surface area contributed by atoms with Gasteiger partial charge in [-0.15, -0.1) is 0 Å². The van der Waals surface area contributed by atoms with Gasteiger partial charge in [0.15, 0.2) is 11.5 Å². The van der Waals surface area contributed by atoms with Crippen LogP contribution in [0.1, 0.15) is 31.2 Å². The minimum Gasteiger partial charge on any atom is -0.504 e. The van der Waals surface area contributed by atoms with Gasteiger partial charge in [-0.3, -0.25) is 19.2 Å². The van der Waals surface area contributed by atoms with Gasteiger partial charge in [-0.1, -0.05) is 6.07 Å². The molecule has 0 aromatic heterocycles. The summed E-state index contributed by atoms with van der Waals surface area (Å²) in [4.78, 5) is 50.1. The predicted octanol–water partition coefficient (Wildman–Crippen LogP) is -1.12. The summed E-state index contributed by atoms with van der Waals surface area (Å²) in [7, 11) is 0. The first-order valence-corrected chi connectivity index (χ1v) is 9.46. The number of nitrogens with zero attached hydrogens (tertiary/aromatic N) is 1. The van der Waals surface area contributed by atoms with Crippen LogP contribution in [0.5, 0.6) is 11.5 Å². The van der Waals surface area contributed by atoms with Crippen molar-refractivity contribution in [3.05, 3.63) is 23.8 Å². The summed E-state index contributed by atoms with van der Waals surface area (Å²) in [6, 6.07) is 1.62. The summed E-state index contributed by atoms with van der Waals surface area (Å²) in [6.45, 7) is 0.347. The number of hydrogen-bond acceptors (Lipinski definition) is 6. The summed E-state index contributed by atoms with van der Waals surface area (Å²) >= 11 is 0. The van der Waals surface area contributed by atoms with Crippen molar-refractivity contribution in [2.75, 3.05) is 6.54 Å². The number of benzene rings is 1. The number of nitrogens with two attached hydrogens (primary N) is 1. The third kappa shape index (κ3) is 4.58. The molecular formula is C19H24N4O6. The van der Waals surface area contributed by atoms with Gasteiger partial charge < -0.3 is 31.5 Å². The number of phenolic OH excluding ortho intramolecular Hbond substituents is 2. The first-order valence-electron chi connectivity index (χ1n) is 9.46. The summed E-state index contributed by atoms with van der Waals surface area (Å²) in [6.07, 6.45) is 1.68. The number of amides is 4. The van der Waals surface area contributed by atoms with Crippen molar-refractivity contribution in [3.8, 4) is 11.5 Å². The lowest BCUT2D eigenvalue weighted by molar-refractivity contribution is -0.140. The number of primary amides is 1. The Hall–Kier alpha value is -3.30. The number of aromatic hydroxyl groups is 2. The van der Waals surface area contributed by atoms with Crippen LogP contribution >= 0.6 is 0 Å². The first-order chi connectivity index (χ1) is 13.8. The number of nitrogens with one attached hydrogen (secondary N) is 2. The van der Waals surface area contributed by atoms with Crippen molar-refractivity contribution in [3.63, 3.8) is 0 Å². The molecule has 3 rings (SSSR count). The molecule has 10 heteroatoms. The summed E-state index contributed by atoms with van der Waals surface area (Å²) < 4.78 is 0. The maximum Gasteiger partial charge on any atom is 0.246 e.